The largest absolute Gasteiger partial charge is 0.497 e. The van der Waals surface area contributed by atoms with Crippen LogP contribution in [-0.4, -0.2) is 35.2 Å². The number of hydrogen-bond donors (Lipinski definition) is 1. The van der Waals surface area contributed by atoms with Crippen LogP contribution in [0.5, 0.6) is 11.5 Å². The number of rotatable bonds is 8. The number of aromatic nitrogens is 1. The Morgan fingerprint density at radius 1 is 0.970 bits per heavy atom. The average molecular weight is 440 g/mol. The summed E-state index contributed by atoms with van der Waals surface area (Å²) in [5.74, 6) is 1.84. The number of ether oxygens (including phenoxy) is 2. The highest BCUT2D eigenvalue weighted by Crippen LogP contribution is 2.50. The first kappa shape index (κ1) is 20.3. The van der Waals surface area contributed by atoms with Gasteiger partial charge in [-0.2, -0.15) is 0 Å². The molecule has 1 aromatic heterocycles. The lowest BCUT2D eigenvalue weighted by Gasteiger charge is -2.29. The molecular formula is C28H29N3O2. The quantitative estimate of drug-likeness (QED) is 0.505. The first-order chi connectivity index (χ1) is 16.3. The molecular weight excluding hydrogens is 410 g/mol. The summed E-state index contributed by atoms with van der Waals surface area (Å²) >= 11 is 0. The molecule has 0 bridgehead atoms. The number of pyridine rings is 1. The zero-order valence-corrected chi connectivity index (χ0v) is 18.9. The number of fused-ring (bicyclic) bond motifs is 1. The molecule has 3 aromatic rings. The Hall–Kier alpha value is -3.31. The third-order valence-electron chi connectivity index (χ3n) is 6.99. The van der Waals surface area contributed by atoms with Crippen LogP contribution < -0.4 is 14.8 Å². The van der Waals surface area contributed by atoms with E-state index in [-0.39, 0.29) is 0 Å². The van der Waals surface area contributed by atoms with Gasteiger partial charge in [-0.25, -0.2) is 0 Å². The number of benzene rings is 2. The Balaban J connectivity index is 1.01. The van der Waals surface area contributed by atoms with E-state index in [0.29, 0.717) is 18.2 Å². The maximum absolute atomic E-state index is 6.38. The Kier molecular flexibility index (Phi) is 5.27. The molecule has 1 N–H and O–H groups in total. The lowest BCUT2D eigenvalue weighted by atomic mass is 9.97. The summed E-state index contributed by atoms with van der Waals surface area (Å²) in [4.78, 5) is 7.21. The van der Waals surface area contributed by atoms with Crippen LogP contribution >= 0.6 is 0 Å². The number of methoxy groups -OCH3 is 1. The second kappa shape index (κ2) is 8.56. The summed E-state index contributed by atoms with van der Waals surface area (Å²) in [6.07, 6.45) is 8.16. The van der Waals surface area contributed by atoms with Gasteiger partial charge in [0.25, 0.3) is 0 Å². The van der Waals surface area contributed by atoms with Crippen LogP contribution in [0.2, 0.25) is 0 Å². The molecule has 33 heavy (non-hydrogen) atoms. The van der Waals surface area contributed by atoms with Crippen LogP contribution in [0.25, 0.3) is 11.3 Å². The van der Waals surface area contributed by atoms with Gasteiger partial charge in [0.15, 0.2) is 0 Å². The third-order valence-corrected chi connectivity index (χ3v) is 6.99. The summed E-state index contributed by atoms with van der Waals surface area (Å²) in [5.41, 5.74) is 6.02. The van der Waals surface area contributed by atoms with Crippen LogP contribution in [-0.2, 0) is 13.1 Å². The summed E-state index contributed by atoms with van der Waals surface area (Å²) in [5, 5.41) is 3.53. The Labute approximate surface area is 195 Å². The molecule has 168 valence electrons. The monoisotopic (exact) mass is 439 g/mol. The normalized spacial score (nSPS) is 22.5. The van der Waals surface area contributed by atoms with Crippen molar-refractivity contribution in [2.24, 2.45) is 0 Å². The molecule has 5 heteroatoms. The summed E-state index contributed by atoms with van der Waals surface area (Å²) in [7, 11) is 1.68. The van der Waals surface area contributed by atoms with Gasteiger partial charge in [-0.1, -0.05) is 24.3 Å². The highest BCUT2D eigenvalue weighted by atomic mass is 16.5. The molecule has 0 aliphatic carbocycles. The molecule has 0 unspecified atom stereocenters. The number of nitrogens with zero attached hydrogens (tertiary/aromatic N) is 2. The summed E-state index contributed by atoms with van der Waals surface area (Å²) in [6.45, 7) is 1.58. The second-order valence-corrected chi connectivity index (χ2v) is 9.18. The van der Waals surface area contributed by atoms with Crippen molar-refractivity contribution in [1.82, 2.24) is 15.2 Å². The molecule has 5 nitrogen and oxygen atoms in total. The number of nitrogens with one attached hydrogen (secondary N) is 1. The molecule has 3 aliphatic rings. The fraction of sp³-hybridized carbons (Fsp3) is 0.321. The Bertz CT molecular complexity index is 1160. The first-order valence-electron chi connectivity index (χ1n) is 11.8. The van der Waals surface area contributed by atoms with Crippen LogP contribution in [0.15, 0.2) is 78.6 Å². The zero-order valence-electron chi connectivity index (χ0n) is 18.9. The lowest BCUT2D eigenvalue weighted by molar-refractivity contribution is 0.118. The van der Waals surface area contributed by atoms with E-state index >= 15 is 0 Å². The second-order valence-electron chi connectivity index (χ2n) is 9.18. The van der Waals surface area contributed by atoms with Crippen molar-refractivity contribution in [3.05, 3.63) is 89.8 Å². The predicted octanol–water partition coefficient (Wildman–Crippen LogP) is 4.93. The highest BCUT2D eigenvalue weighted by molar-refractivity contribution is 5.60. The fourth-order valence-electron chi connectivity index (χ4n) is 5.27. The van der Waals surface area contributed by atoms with Crippen molar-refractivity contribution >= 4 is 0 Å². The Morgan fingerprint density at radius 3 is 2.64 bits per heavy atom. The van der Waals surface area contributed by atoms with Crippen LogP contribution in [0.4, 0.5) is 0 Å². The maximum atomic E-state index is 6.38. The van der Waals surface area contributed by atoms with Gasteiger partial charge in [0.2, 0.25) is 0 Å². The van der Waals surface area contributed by atoms with E-state index in [1.54, 1.807) is 12.8 Å². The molecule has 0 radical (unpaired) electrons. The molecule has 6 rings (SSSR count). The van der Waals surface area contributed by atoms with E-state index in [1.807, 2.05) is 30.5 Å². The van der Waals surface area contributed by atoms with Crippen LogP contribution in [0.3, 0.4) is 0 Å². The van der Waals surface area contributed by atoms with Gasteiger partial charge in [0.1, 0.15) is 17.6 Å². The maximum Gasteiger partial charge on any atom is 0.120 e. The van der Waals surface area contributed by atoms with Crippen molar-refractivity contribution in [2.75, 3.05) is 7.11 Å². The molecule has 0 spiro atoms. The van der Waals surface area contributed by atoms with E-state index in [4.69, 9.17) is 9.47 Å². The third kappa shape index (κ3) is 4.21. The molecule has 0 saturated carbocycles. The number of piperidine rings is 1. The van der Waals surface area contributed by atoms with Gasteiger partial charge in [0.05, 0.1) is 18.8 Å². The summed E-state index contributed by atoms with van der Waals surface area (Å²) < 4.78 is 11.6. The molecule has 2 aromatic carbocycles. The van der Waals surface area contributed by atoms with Gasteiger partial charge in [-0.3, -0.25) is 4.98 Å². The lowest BCUT2D eigenvalue weighted by Crippen LogP contribution is -2.35. The average Bonchev–Trinajstić information content (AvgIpc) is 3.38. The van der Waals surface area contributed by atoms with Gasteiger partial charge >= 0.3 is 0 Å². The van der Waals surface area contributed by atoms with E-state index in [2.05, 4.69) is 57.7 Å². The smallest absolute Gasteiger partial charge is 0.120 e. The Morgan fingerprint density at radius 2 is 1.85 bits per heavy atom. The topological polar surface area (TPSA) is 46.4 Å². The summed E-state index contributed by atoms with van der Waals surface area (Å²) in [6, 6.07) is 22.0. The minimum Gasteiger partial charge on any atom is -0.497 e. The molecule has 3 atom stereocenters. The van der Waals surface area contributed by atoms with Crippen molar-refractivity contribution < 1.29 is 9.47 Å². The van der Waals surface area contributed by atoms with Crippen LogP contribution in [0, 0.1) is 0 Å². The highest BCUT2D eigenvalue weighted by Gasteiger charge is 2.53. The molecule has 3 aliphatic heterocycles. The van der Waals surface area contributed by atoms with Gasteiger partial charge in [-0.15, -0.1) is 0 Å². The SMILES string of the molecule is COc1ccc(-c2ccc(CNCc3cccc(O[C@H]4C[C@H]5CC=C6[C@@H](C4)N65)c3)cn2)cc1. The van der Waals surface area contributed by atoms with E-state index < -0.39 is 0 Å². The van der Waals surface area contributed by atoms with E-state index in [9.17, 15) is 0 Å². The number of hydrogen-bond acceptors (Lipinski definition) is 5. The van der Waals surface area contributed by atoms with E-state index in [0.717, 1.165) is 48.7 Å². The molecule has 4 heterocycles. The van der Waals surface area contributed by atoms with Crippen molar-refractivity contribution in [3.8, 4) is 22.8 Å². The molecule has 0 amide bonds. The standard InChI is InChI=1S/C28H29N3O2/c1-32-23-9-6-21(7-10-23)26-11-5-20(18-30-26)17-29-16-19-3-2-4-24(13-19)33-25-14-22-8-12-27-28(15-25)31(22)27/h2-7,9-13,18,22,25,28-29H,8,14-17H2,1H3/t22-,25+,28-,31?/m1/s1. The van der Waals surface area contributed by atoms with Crippen molar-refractivity contribution in [1.29, 1.82) is 0 Å². The minimum atomic E-state index is 0.334. The zero-order chi connectivity index (χ0) is 22.2. The van der Waals surface area contributed by atoms with Crippen LogP contribution in [0.1, 0.15) is 30.4 Å². The predicted molar refractivity (Wildman–Crippen MR) is 129 cm³/mol. The fourth-order valence-corrected chi connectivity index (χ4v) is 5.27. The van der Waals surface area contributed by atoms with Gasteiger partial charge < -0.3 is 19.7 Å². The molecule has 2 fully saturated rings. The first-order valence-corrected chi connectivity index (χ1v) is 11.8. The van der Waals surface area contributed by atoms with E-state index in [1.165, 1.54) is 17.5 Å². The van der Waals surface area contributed by atoms with Gasteiger partial charge in [-0.05, 0) is 60.0 Å². The van der Waals surface area contributed by atoms with Crippen molar-refractivity contribution in [3.63, 3.8) is 0 Å². The minimum absolute atomic E-state index is 0.334. The van der Waals surface area contributed by atoms with Gasteiger partial charge in [0, 0.05) is 49.4 Å². The molecule has 2 saturated heterocycles. The van der Waals surface area contributed by atoms with Crippen molar-refractivity contribution in [2.45, 2.75) is 50.5 Å².